The molecule has 0 aliphatic heterocycles. The molecule has 0 bridgehead atoms. The van der Waals surface area contributed by atoms with Crippen LogP contribution in [0.3, 0.4) is 0 Å². The lowest BCUT2D eigenvalue weighted by molar-refractivity contribution is 0.638. The number of hydrogen-bond acceptors (Lipinski definition) is 4. The van der Waals surface area contributed by atoms with Crippen molar-refractivity contribution in [2.75, 3.05) is 18.1 Å². The molecule has 16 heavy (non-hydrogen) atoms. The van der Waals surface area contributed by atoms with E-state index >= 15 is 0 Å². The Morgan fingerprint density at radius 2 is 2.00 bits per heavy atom. The van der Waals surface area contributed by atoms with Crippen molar-refractivity contribution in [3.05, 3.63) is 18.1 Å². The third-order valence-electron chi connectivity index (χ3n) is 3.41. The fourth-order valence-electron chi connectivity index (χ4n) is 2.30. The van der Waals surface area contributed by atoms with Gasteiger partial charge in [0.05, 0.1) is 5.69 Å². The number of aryl methyl sites for hydroxylation is 1. The van der Waals surface area contributed by atoms with Crippen LogP contribution in [0, 0.1) is 6.92 Å². The van der Waals surface area contributed by atoms with Crippen molar-refractivity contribution in [3.63, 3.8) is 0 Å². The first-order chi connectivity index (χ1) is 7.76. The van der Waals surface area contributed by atoms with Crippen molar-refractivity contribution in [1.29, 1.82) is 0 Å². The number of aromatic nitrogens is 2. The lowest BCUT2D eigenvalue weighted by Crippen LogP contribution is -2.30. The molecule has 1 saturated carbocycles. The van der Waals surface area contributed by atoms with Gasteiger partial charge in [0.15, 0.2) is 0 Å². The quantitative estimate of drug-likeness (QED) is 0.874. The van der Waals surface area contributed by atoms with Crippen LogP contribution in [0.25, 0.3) is 0 Å². The third kappa shape index (κ3) is 2.48. The molecule has 1 aliphatic rings. The highest BCUT2D eigenvalue weighted by atomic mass is 32.2. The van der Waals surface area contributed by atoms with Gasteiger partial charge in [-0.25, -0.2) is 4.98 Å². The predicted molar refractivity (Wildman–Crippen MR) is 70.0 cm³/mol. The number of nitrogens with zero attached hydrogens (tertiary/aromatic N) is 2. The van der Waals surface area contributed by atoms with Gasteiger partial charge in [-0.05, 0) is 26.0 Å². The zero-order valence-corrected chi connectivity index (χ0v) is 10.8. The first-order valence-electron chi connectivity index (χ1n) is 5.82. The molecule has 1 aromatic rings. The lowest BCUT2D eigenvalue weighted by atomic mass is 10.1. The Kier molecular flexibility index (Phi) is 3.69. The summed E-state index contributed by atoms with van der Waals surface area (Å²) in [6.07, 6.45) is 11.1. The van der Waals surface area contributed by atoms with Crippen LogP contribution in [-0.2, 0) is 0 Å². The average Bonchev–Trinajstić information content (AvgIpc) is 2.78. The van der Waals surface area contributed by atoms with Crippen LogP contribution in [0.5, 0.6) is 0 Å². The molecule has 0 unspecified atom stereocenters. The van der Waals surface area contributed by atoms with Crippen molar-refractivity contribution >= 4 is 17.6 Å². The summed E-state index contributed by atoms with van der Waals surface area (Å²) in [5.41, 5.74) is 0.983. The zero-order chi connectivity index (χ0) is 11.4. The van der Waals surface area contributed by atoms with E-state index in [-0.39, 0.29) is 0 Å². The van der Waals surface area contributed by atoms with E-state index in [2.05, 4.69) is 21.5 Å². The molecular weight excluding hydrogens is 218 g/mol. The molecule has 1 aliphatic carbocycles. The number of anilines is 1. The second-order valence-corrected chi connectivity index (χ2v) is 5.71. The van der Waals surface area contributed by atoms with Crippen molar-refractivity contribution in [2.45, 2.75) is 37.4 Å². The normalized spacial score (nSPS) is 18.6. The Hall–Kier alpha value is -0.770. The van der Waals surface area contributed by atoms with Gasteiger partial charge in [-0.3, -0.25) is 4.98 Å². The first-order valence-corrected chi connectivity index (χ1v) is 7.05. The van der Waals surface area contributed by atoms with Crippen LogP contribution >= 0.6 is 11.8 Å². The van der Waals surface area contributed by atoms with Gasteiger partial charge in [0.25, 0.3) is 0 Å². The maximum atomic E-state index is 4.32. The van der Waals surface area contributed by atoms with Crippen LogP contribution in [0.2, 0.25) is 0 Å². The molecule has 3 nitrogen and oxygen atoms in total. The van der Waals surface area contributed by atoms with E-state index in [1.54, 1.807) is 12.4 Å². The smallest absolute Gasteiger partial charge is 0.147 e. The largest absolute Gasteiger partial charge is 0.367 e. The average molecular weight is 237 g/mol. The minimum atomic E-state index is 0.421. The molecule has 1 aromatic heterocycles. The van der Waals surface area contributed by atoms with Crippen LogP contribution in [0.4, 0.5) is 5.82 Å². The molecule has 0 saturated heterocycles. The van der Waals surface area contributed by atoms with Crippen molar-refractivity contribution < 1.29 is 0 Å². The Balaban J connectivity index is 1.98. The summed E-state index contributed by atoms with van der Waals surface area (Å²) >= 11 is 1.99. The van der Waals surface area contributed by atoms with Gasteiger partial charge in [-0.2, -0.15) is 11.8 Å². The molecule has 0 atom stereocenters. The van der Waals surface area contributed by atoms with Crippen LogP contribution in [-0.4, -0.2) is 27.5 Å². The maximum Gasteiger partial charge on any atom is 0.147 e. The third-order valence-corrected chi connectivity index (χ3v) is 4.83. The summed E-state index contributed by atoms with van der Waals surface area (Å²) in [5, 5.41) is 3.45. The topological polar surface area (TPSA) is 37.8 Å². The molecule has 1 heterocycles. The Bertz CT molecular complexity index is 348. The SMILES string of the molecule is CSC1(CNc2nccnc2C)CCCC1. The fourth-order valence-corrected chi connectivity index (χ4v) is 3.21. The summed E-state index contributed by atoms with van der Waals surface area (Å²) in [4.78, 5) is 8.56. The molecule has 0 spiro atoms. The Morgan fingerprint density at radius 1 is 1.31 bits per heavy atom. The van der Waals surface area contributed by atoms with E-state index in [0.29, 0.717) is 4.75 Å². The van der Waals surface area contributed by atoms with Crippen LogP contribution in [0.15, 0.2) is 12.4 Å². The molecular formula is C12H19N3S. The van der Waals surface area contributed by atoms with E-state index < -0.39 is 0 Å². The van der Waals surface area contributed by atoms with Gasteiger partial charge in [-0.15, -0.1) is 0 Å². The first kappa shape index (κ1) is 11.7. The number of nitrogens with one attached hydrogen (secondary N) is 1. The summed E-state index contributed by atoms with van der Waals surface area (Å²) in [5.74, 6) is 0.933. The van der Waals surface area contributed by atoms with E-state index in [0.717, 1.165) is 18.1 Å². The van der Waals surface area contributed by atoms with Gasteiger partial charge in [-0.1, -0.05) is 12.8 Å². The molecule has 0 radical (unpaired) electrons. The molecule has 0 amide bonds. The van der Waals surface area contributed by atoms with E-state index in [9.17, 15) is 0 Å². The summed E-state index contributed by atoms with van der Waals surface area (Å²) < 4.78 is 0.421. The van der Waals surface area contributed by atoms with Gasteiger partial charge in [0.2, 0.25) is 0 Å². The predicted octanol–water partition coefficient (Wildman–Crippen LogP) is 2.87. The van der Waals surface area contributed by atoms with E-state index in [1.165, 1.54) is 25.7 Å². The number of thioether (sulfide) groups is 1. The molecule has 1 N–H and O–H groups in total. The second-order valence-electron chi connectivity index (χ2n) is 4.44. The maximum absolute atomic E-state index is 4.32. The summed E-state index contributed by atoms with van der Waals surface area (Å²) in [6, 6.07) is 0. The van der Waals surface area contributed by atoms with Crippen molar-refractivity contribution in [1.82, 2.24) is 9.97 Å². The summed E-state index contributed by atoms with van der Waals surface area (Å²) in [7, 11) is 0. The standard InChI is InChI=1S/C12H19N3S/c1-10-11(14-8-7-13-10)15-9-12(16-2)5-3-4-6-12/h7-8H,3-6,9H2,1-2H3,(H,14,15). The van der Waals surface area contributed by atoms with Gasteiger partial charge in [0, 0.05) is 23.7 Å². The van der Waals surface area contributed by atoms with E-state index in [1.807, 2.05) is 18.7 Å². The fraction of sp³-hybridized carbons (Fsp3) is 0.667. The molecule has 1 fully saturated rings. The minimum Gasteiger partial charge on any atom is -0.367 e. The number of rotatable bonds is 4. The van der Waals surface area contributed by atoms with Crippen molar-refractivity contribution in [2.24, 2.45) is 0 Å². The van der Waals surface area contributed by atoms with Gasteiger partial charge < -0.3 is 5.32 Å². The Labute approximate surface area is 101 Å². The molecule has 4 heteroatoms. The molecule has 0 aromatic carbocycles. The van der Waals surface area contributed by atoms with Gasteiger partial charge in [0.1, 0.15) is 5.82 Å². The highest BCUT2D eigenvalue weighted by Gasteiger charge is 2.32. The van der Waals surface area contributed by atoms with Crippen LogP contribution < -0.4 is 5.32 Å². The van der Waals surface area contributed by atoms with E-state index in [4.69, 9.17) is 0 Å². The number of hydrogen-bond donors (Lipinski definition) is 1. The highest BCUT2D eigenvalue weighted by molar-refractivity contribution is 8.00. The van der Waals surface area contributed by atoms with Crippen LogP contribution in [0.1, 0.15) is 31.4 Å². The Morgan fingerprint density at radius 3 is 2.62 bits per heavy atom. The molecule has 2 rings (SSSR count). The monoisotopic (exact) mass is 237 g/mol. The second kappa shape index (κ2) is 5.04. The lowest BCUT2D eigenvalue weighted by Gasteiger charge is -2.27. The summed E-state index contributed by atoms with van der Waals surface area (Å²) in [6.45, 7) is 3.00. The minimum absolute atomic E-state index is 0.421. The molecule has 88 valence electrons. The van der Waals surface area contributed by atoms with Crippen molar-refractivity contribution in [3.8, 4) is 0 Å². The highest BCUT2D eigenvalue weighted by Crippen LogP contribution is 2.40. The zero-order valence-electron chi connectivity index (χ0n) is 9.99. The van der Waals surface area contributed by atoms with Gasteiger partial charge >= 0.3 is 0 Å².